The average Bonchev–Trinajstić information content (AvgIpc) is 1.84. The highest BCUT2D eigenvalue weighted by Gasteiger charge is 2.52. The number of pyridine rings is 3. The SMILES string of the molecule is Brc1ccc2cnccc2c1.CC(C)(C)OC(=O)N[C@H](CCOS(C)(=O)=O)Cc1ccc(Cl)cc1.CC1(C)OB(c2cn[nH]c2)OC1(C)C.N[C@H](CCn1cc(-c2ccc3cnccc3c2)cn1)Cc1ccc(Cl)cc1.c1cc2cc(-c3cn[nH]c3)ccc2cn1. The van der Waals surface area contributed by atoms with Gasteiger partial charge in [0.15, 0.2) is 0 Å². The molecule has 5 aromatic carbocycles. The van der Waals surface area contributed by atoms with E-state index in [1.54, 1.807) is 51.5 Å². The van der Waals surface area contributed by atoms with E-state index in [2.05, 4.69) is 110 Å². The van der Waals surface area contributed by atoms with Crippen molar-refractivity contribution in [3.05, 3.63) is 221 Å². The first-order valence-corrected chi connectivity index (χ1v) is 32.8. The van der Waals surface area contributed by atoms with E-state index in [-0.39, 0.29) is 37.0 Å². The number of halogens is 3. The van der Waals surface area contributed by atoms with Crippen LogP contribution in [0.4, 0.5) is 4.79 Å². The lowest BCUT2D eigenvalue weighted by molar-refractivity contribution is 0.00578. The van der Waals surface area contributed by atoms with Gasteiger partial charge in [0, 0.05) is 128 Å². The monoisotopic (exact) mass is 1350 g/mol. The fourth-order valence-corrected chi connectivity index (χ4v) is 10.3. The zero-order chi connectivity index (χ0) is 65.2. The van der Waals surface area contributed by atoms with Crippen LogP contribution in [-0.4, -0.2) is 109 Å². The molecule has 1 saturated heterocycles. The molecule has 7 heterocycles. The van der Waals surface area contributed by atoms with E-state index in [0.717, 1.165) is 73.6 Å². The first-order chi connectivity index (χ1) is 43.3. The second kappa shape index (κ2) is 31.9. The molecule has 1 fully saturated rings. The molecule has 5 N–H and O–H groups in total. The lowest BCUT2D eigenvalue weighted by Crippen LogP contribution is -2.41. The van der Waals surface area contributed by atoms with Crippen LogP contribution in [0.2, 0.25) is 10.0 Å². The van der Waals surface area contributed by atoms with E-state index < -0.39 is 21.8 Å². The Morgan fingerprint density at radius 1 is 0.659 bits per heavy atom. The Kier molecular flexibility index (Phi) is 24.2. The van der Waals surface area contributed by atoms with Crippen LogP contribution < -0.4 is 16.5 Å². The Labute approximate surface area is 550 Å². The molecule has 11 aromatic rings. The van der Waals surface area contributed by atoms with Gasteiger partial charge < -0.3 is 25.1 Å². The van der Waals surface area contributed by atoms with Gasteiger partial charge in [0.25, 0.3) is 10.1 Å². The number of benzene rings is 5. The van der Waals surface area contributed by atoms with Crippen molar-refractivity contribution >= 4 is 100 Å². The van der Waals surface area contributed by atoms with E-state index in [0.29, 0.717) is 17.9 Å². The predicted molar refractivity (Wildman–Crippen MR) is 368 cm³/mol. The van der Waals surface area contributed by atoms with E-state index in [1.807, 2.05) is 149 Å². The number of hydrogen-bond donors (Lipinski definition) is 4. The molecule has 23 heteroatoms. The minimum absolute atomic E-state index is 0.0209. The number of hydrogen-bond acceptors (Lipinski definition) is 14. The minimum atomic E-state index is -3.52. The van der Waals surface area contributed by atoms with Crippen LogP contribution in [0.25, 0.3) is 54.6 Å². The summed E-state index contributed by atoms with van der Waals surface area (Å²) in [5, 5.41) is 29.1. The molecule has 0 unspecified atom stereocenters. The number of aryl methyl sites for hydroxylation is 1. The molecule has 0 spiro atoms. The fraction of sp³-hybridized carbons (Fsp3) is 0.279. The zero-order valence-corrected chi connectivity index (χ0v) is 56.0. The number of carbonyl (C=O) groups excluding carboxylic acids is 1. The highest BCUT2D eigenvalue weighted by atomic mass is 79.9. The molecule has 1 aliphatic heterocycles. The molecule has 18 nitrogen and oxygen atoms in total. The molecule has 0 aliphatic carbocycles. The van der Waals surface area contributed by atoms with Crippen molar-refractivity contribution in [2.75, 3.05) is 12.9 Å². The minimum Gasteiger partial charge on any atom is -0.444 e. The first-order valence-electron chi connectivity index (χ1n) is 29.5. The van der Waals surface area contributed by atoms with Crippen molar-refractivity contribution in [3.8, 4) is 22.3 Å². The standard InChI is InChI=1S/C22H21ClN4.C16H24ClNO5S.C12H9N3.C9H15BN2O2.C9H6BrN/c23-21-5-1-16(2-6-21)11-22(24)8-10-27-15-20(14-26-27)17-3-4-19-13-25-9-7-18(19)12-17;1-16(2,3)23-15(19)18-14(9-10-22-24(4,20)21)11-12-5-7-13(17)8-6-12;1-2-11-6-13-4-3-10(11)5-9(1)12-7-14-15-8-12;1-8(2)9(3,4)14-10(13-8)7-5-11-12-6-7;10-9-2-1-8-6-11-4-3-7(8)5-9/h1-7,9,12-15,22H,8,10-11,24H2;5-8,14H,9-11H2,1-4H3,(H,18,19);1-8H,(H,14,15);5-6H,1-4H3,(H,11,12);1-6H/t22-;14-;;;/m11.../s1. The maximum atomic E-state index is 12.0. The second-order valence-electron chi connectivity index (χ2n) is 23.7. The third kappa shape index (κ3) is 21.9. The van der Waals surface area contributed by atoms with Gasteiger partial charge in [-0.1, -0.05) is 93.7 Å². The summed E-state index contributed by atoms with van der Waals surface area (Å²) >= 11 is 15.2. The number of amides is 1. The summed E-state index contributed by atoms with van der Waals surface area (Å²) < 4.78 is 46.9. The van der Waals surface area contributed by atoms with Crippen molar-refractivity contribution < 1.29 is 31.4 Å². The Bertz CT molecular complexity index is 4180. The third-order valence-corrected chi connectivity index (χ3v) is 16.3. The van der Waals surface area contributed by atoms with E-state index in [4.69, 9.17) is 47.2 Å². The summed E-state index contributed by atoms with van der Waals surface area (Å²) in [4.78, 5) is 24.2. The molecule has 0 saturated carbocycles. The van der Waals surface area contributed by atoms with Gasteiger partial charge in [-0.15, -0.1) is 0 Å². The molecule has 12 rings (SSSR count). The Hall–Kier alpha value is -7.86. The number of fused-ring (bicyclic) bond motifs is 3. The van der Waals surface area contributed by atoms with Crippen molar-refractivity contribution in [1.29, 1.82) is 0 Å². The second-order valence-corrected chi connectivity index (χ2v) is 27.1. The number of H-pyrrole nitrogens is 2. The molecule has 91 heavy (non-hydrogen) atoms. The van der Waals surface area contributed by atoms with Gasteiger partial charge in [-0.05, 0) is 179 Å². The molecular formula is C68H75BBrCl2N11O7S. The van der Waals surface area contributed by atoms with Gasteiger partial charge >= 0.3 is 13.2 Å². The van der Waals surface area contributed by atoms with Gasteiger partial charge in [-0.25, -0.2) is 4.79 Å². The Balaban J connectivity index is 0.000000152. The van der Waals surface area contributed by atoms with E-state index in [9.17, 15) is 13.2 Å². The molecular weight excluding hydrogens is 1280 g/mol. The largest absolute Gasteiger partial charge is 0.498 e. The molecule has 1 amide bonds. The molecule has 474 valence electrons. The lowest BCUT2D eigenvalue weighted by Gasteiger charge is -2.32. The van der Waals surface area contributed by atoms with Gasteiger partial charge in [0.05, 0.1) is 36.5 Å². The van der Waals surface area contributed by atoms with Crippen LogP contribution in [0.5, 0.6) is 0 Å². The maximum Gasteiger partial charge on any atom is 0.498 e. The summed E-state index contributed by atoms with van der Waals surface area (Å²) in [6.45, 7) is 14.2. The van der Waals surface area contributed by atoms with Crippen LogP contribution in [-0.2, 0) is 47.7 Å². The number of alkyl carbamates (subject to hydrolysis) is 1. The number of nitrogens with one attached hydrogen (secondary N) is 3. The highest BCUT2D eigenvalue weighted by Crippen LogP contribution is 2.36. The number of nitrogens with zero attached hydrogens (tertiary/aromatic N) is 7. The van der Waals surface area contributed by atoms with Crippen LogP contribution in [0.1, 0.15) is 72.4 Å². The van der Waals surface area contributed by atoms with E-state index in [1.165, 1.54) is 32.7 Å². The van der Waals surface area contributed by atoms with Gasteiger partial charge in [-0.2, -0.15) is 23.7 Å². The summed E-state index contributed by atoms with van der Waals surface area (Å²) in [6, 6.07) is 39.7. The number of aromatic nitrogens is 9. The normalized spacial score (nSPS) is 13.9. The molecule has 0 bridgehead atoms. The van der Waals surface area contributed by atoms with Crippen LogP contribution >= 0.6 is 39.1 Å². The molecule has 2 atom stereocenters. The lowest BCUT2D eigenvalue weighted by atomic mass is 9.82. The van der Waals surface area contributed by atoms with Crippen molar-refractivity contribution in [3.63, 3.8) is 0 Å². The van der Waals surface area contributed by atoms with Crippen molar-refractivity contribution in [2.24, 2.45) is 5.73 Å². The summed E-state index contributed by atoms with van der Waals surface area (Å²) in [6.07, 6.45) is 25.2. The van der Waals surface area contributed by atoms with Crippen LogP contribution in [0.3, 0.4) is 0 Å². The number of aromatic amines is 2. The smallest absolute Gasteiger partial charge is 0.444 e. The quantitative estimate of drug-likeness (QED) is 0.0552. The van der Waals surface area contributed by atoms with Crippen LogP contribution in [0.15, 0.2) is 200 Å². The number of nitrogens with two attached hydrogens (primary N) is 1. The van der Waals surface area contributed by atoms with Crippen molar-refractivity contribution in [1.82, 2.24) is 50.4 Å². The first kappa shape index (κ1) is 69.0. The van der Waals surface area contributed by atoms with Gasteiger partial charge in [-0.3, -0.25) is 34.0 Å². The number of rotatable bonds is 15. The molecule has 0 radical (unpaired) electrons. The highest BCUT2D eigenvalue weighted by molar-refractivity contribution is 9.10. The maximum absolute atomic E-state index is 12.0. The Morgan fingerprint density at radius 2 is 1.18 bits per heavy atom. The average molecular weight is 1350 g/mol. The van der Waals surface area contributed by atoms with Gasteiger partial charge in [0.1, 0.15) is 5.60 Å². The topological polar surface area (TPSA) is 240 Å². The summed E-state index contributed by atoms with van der Waals surface area (Å²) in [5.74, 6) is 0. The summed E-state index contributed by atoms with van der Waals surface area (Å²) in [7, 11) is -3.82. The van der Waals surface area contributed by atoms with Crippen molar-refractivity contribution in [2.45, 2.75) is 110 Å². The van der Waals surface area contributed by atoms with Gasteiger partial charge in [0.2, 0.25) is 0 Å². The van der Waals surface area contributed by atoms with Crippen LogP contribution in [0, 0.1) is 0 Å². The zero-order valence-electron chi connectivity index (χ0n) is 52.1. The number of ether oxygens (including phenoxy) is 1. The third-order valence-electron chi connectivity index (χ3n) is 14.7. The Morgan fingerprint density at radius 3 is 1.69 bits per heavy atom. The summed E-state index contributed by atoms with van der Waals surface area (Å²) in [5.41, 5.74) is 12.8. The van der Waals surface area contributed by atoms with E-state index >= 15 is 0 Å². The predicted octanol–water partition coefficient (Wildman–Crippen LogP) is 14.2. The molecule has 1 aliphatic rings. The molecule has 6 aromatic heterocycles. The number of carbonyl (C=O) groups is 1. The fourth-order valence-electron chi connectivity index (χ4n) is 9.26.